The lowest BCUT2D eigenvalue weighted by molar-refractivity contribution is -0.148. The number of hydrogen-bond donors (Lipinski definition) is 0. The SMILES string of the molecule is COC(=O)C1CCC=CC1=O. The number of ether oxygens (including phenoxy) is 1. The molecule has 0 amide bonds. The number of rotatable bonds is 1. The number of methoxy groups -OCH3 is 1. The first-order chi connectivity index (χ1) is 5.25. The van der Waals surface area contributed by atoms with Crippen LogP contribution in [-0.2, 0) is 14.3 Å². The Bertz CT molecular complexity index is 205. The molecule has 60 valence electrons. The summed E-state index contributed by atoms with van der Waals surface area (Å²) in [5.41, 5.74) is 0. The Morgan fingerprint density at radius 2 is 2.45 bits per heavy atom. The Morgan fingerprint density at radius 1 is 1.73 bits per heavy atom. The van der Waals surface area contributed by atoms with Gasteiger partial charge in [0.05, 0.1) is 7.11 Å². The summed E-state index contributed by atoms with van der Waals surface area (Å²) in [5, 5.41) is 0. The van der Waals surface area contributed by atoms with E-state index in [2.05, 4.69) is 4.74 Å². The summed E-state index contributed by atoms with van der Waals surface area (Å²) in [6.07, 6.45) is 4.60. The summed E-state index contributed by atoms with van der Waals surface area (Å²) < 4.78 is 4.47. The van der Waals surface area contributed by atoms with E-state index in [0.29, 0.717) is 6.42 Å². The normalized spacial score (nSPS) is 23.4. The van der Waals surface area contributed by atoms with E-state index in [-0.39, 0.29) is 5.78 Å². The van der Waals surface area contributed by atoms with E-state index in [0.717, 1.165) is 6.42 Å². The maximum Gasteiger partial charge on any atom is 0.316 e. The van der Waals surface area contributed by atoms with Gasteiger partial charge >= 0.3 is 5.97 Å². The van der Waals surface area contributed by atoms with Crippen LogP contribution >= 0.6 is 0 Å². The van der Waals surface area contributed by atoms with Gasteiger partial charge in [-0.15, -0.1) is 0 Å². The molecule has 1 aliphatic rings. The Kier molecular flexibility index (Phi) is 2.41. The number of ketones is 1. The second kappa shape index (κ2) is 3.32. The van der Waals surface area contributed by atoms with E-state index in [1.165, 1.54) is 13.2 Å². The minimum atomic E-state index is -0.551. The van der Waals surface area contributed by atoms with Crippen molar-refractivity contribution in [3.05, 3.63) is 12.2 Å². The van der Waals surface area contributed by atoms with Gasteiger partial charge in [0.25, 0.3) is 0 Å². The third-order valence-corrected chi connectivity index (χ3v) is 1.73. The van der Waals surface area contributed by atoms with Gasteiger partial charge in [-0.25, -0.2) is 0 Å². The molecule has 0 radical (unpaired) electrons. The van der Waals surface area contributed by atoms with Gasteiger partial charge in [-0.3, -0.25) is 9.59 Å². The highest BCUT2D eigenvalue weighted by atomic mass is 16.5. The van der Waals surface area contributed by atoms with Crippen LogP contribution in [0.5, 0.6) is 0 Å². The van der Waals surface area contributed by atoms with Gasteiger partial charge in [0.1, 0.15) is 5.92 Å². The average Bonchev–Trinajstić information content (AvgIpc) is 2.04. The zero-order valence-corrected chi connectivity index (χ0v) is 6.37. The van der Waals surface area contributed by atoms with E-state index in [4.69, 9.17) is 0 Å². The Hall–Kier alpha value is -1.12. The maximum atomic E-state index is 11.0. The van der Waals surface area contributed by atoms with Crippen molar-refractivity contribution < 1.29 is 14.3 Å². The summed E-state index contributed by atoms with van der Waals surface area (Å²) in [4.78, 5) is 21.9. The summed E-state index contributed by atoms with van der Waals surface area (Å²) >= 11 is 0. The molecule has 0 bridgehead atoms. The van der Waals surface area contributed by atoms with Crippen LogP contribution in [0.1, 0.15) is 12.8 Å². The van der Waals surface area contributed by atoms with E-state index < -0.39 is 11.9 Å². The van der Waals surface area contributed by atoms with Gasteiger partial charge in [-0.1, -0.05) is 6.08 Å². The van der Waals surface area contributed by atoms with Crippen molar-refractivity contribution in [1.29, 1.82) is 0 Å². The Balaban J connectivity index is 2.65. The van der Waals surface area contributed by atoms with Gasteiger partial charge < -0.3 is 4.74 Å². The minimum Gasteiger partial charge on any atom is -0.468 e. The van der Waals surface area contributed by atoms with Crippen molar-refractivity contribution in [1.82, 2.24) is 0 Å². The molecule has 0 spiro atoms. The number of esters is 1. The molecule has 11 heavy (non-hydrogen) atoms. The van der Waals surface area contributed by atoms with E-state index in [1.807, 2.05) is 0 Å². The van der Waals surface area contributed by atoms with Crippen LogP contribution in [0.15, 0.2) is 12.2 Å². The van der Waals surface area contributed by atoms with Crippen LogP contribution in [0, 0.1) is 5.92 Å². The molecule has 0 aliphatic heterocycles. The largest absolute Gasteiger partial charge is 0.468 e. The fourth-order valence-electron chi connectivity index (χ4n) is 1.10. The lowest BCUT2D eigenvalue weighted by Gasteiger charge is -2.12. The van der Waals surface area contributed by atoms with Gasteiger partial charge in [-0.2, -0.15) is 0 Å². The number of allylic oxidation sites excluding steroid dienone is 2. The van der Waals surface area contributed by atoms with Crippen LogP contribution in [0.25, 0.3) is 0 Å². The molecular weight excluding hydrogens is 144 g/mol. The molecule has 0 aromatic rings. The molecule has 0 saturated carbocycles. The summed E-state index contributed by atoms with van der Waals surface area (Å²) in [6, 6.07) is 0. The maximum absolute atomic E-state index is 11.0. The predicted octanol–water partition coefficient (Wildman–Crippen LogP) is 0.695. The van der Waals surface area contributed by atoms with Crippen molar-refractivity contribution in [2.75, 3.05) is 7.11 Å². The number of hydrogen-bond acceptors (Lipinski definition) is 3. The molecule has 0 N–H and O–H groups in total. The molecule has 1 rings (SSSR count). The molecule has 3 nitrogen and oxygen atoms in total. The zero-order valence-electron chi connectivity index (χ0n) is 6.37. The molecule has 0 fully saturated rings. The van der Waals surface area contributed by atoms with Crippen LogP contribution in [0.3, 0.4) is 0 Å². The number of carbonyl (C=O) groups is 2. The van der Waals surface area contributed by atoms with Crippen molar-refractivity contribution in [2.24, 2.45) is 5.92 Å². The van der Waals surface area contributed by atoms with Gasteiger partial charge in [0, 0.05) is 0 Å². The van der Waals surface area contributed by atoms with Gasteiger partial charge in [0.2, 0.25) is 0 Å². The first-order valence-corrected chi connectivity index (χ1v) is 3.54. The van der Waals surface area contributed by atoms with Crippen molar-refractivity contribution >= 4 is 11.8 Å². The second-order valence-corrected chi connectivity index (χ2v) is 2.46. The monoisotopic (exact) mass is 154 g/mol. The third-order valence-electron chi connectivity index (χ3n) is 1.73. The average molecular weight is 154 g/mol. The standard InChI is InChI=1S/C8H10O3/c1-11-8(10)6-4-2-3-5-7(6)9/h3,5-6H,2,4H2,1H3. The fraction of sp³-hybridized carbons (Fsp3) is 0.500. The Morgan fingerprint density at radius 3 is 3.00 bits per heavy atom. The summed E-state index contributed by atoms with van der Waals surface area (Å²) in [7, 11) is 1.30. The second-order valence-electron chi connectivity index (χ2n) is 2.46. The van der Waals surface area contributed by atoms with E-state index in [9.17, 15) is 9.59 Å². The van der Waals surface area contributed by atoms with Crippen molar-refractivity contribution in [2.45, 2.75) is 12.8 Å². The molecule has 3 heteroatoms. The summed E-state index contributed by atoms with van der Waals surface area (Å²) in [6.45, 7) is 0. The molecule has 0 saturated heterocycles. The van der Waals surface area contributed by atoms with Crippen LogP contribution < -0.4 is 0 Å². The van der Waals surface area contributed by atoms with Crippen molar-refractivity contribution in [3.8, 4) is 0 Å². The van der Waals surface area contributed by atoms with Crippen molar-refractivity contribution in [3.63, 3.8) is 0 Å². The van der Waals surface area contributed by atoms with Gasteiger partial charge in [0.15, 0.2) is 5.78 Å². The lowest BCUT2D eigenvalue weighted by atomic mass is 9.93. The smallest absolute Gasteiger partial charge is 0.316 e. The van der Waals surface area contributed by atoms with Gasteiger partial charge in [-0.05, 0) is 18.9 Å². The lowest BCUT2D eigenvalue weighted by Crippen LogP contribution is -2.25. The first-order valence-electron chi connectivity index (χ1n) is 3.54. The zero-order chi connectivity index (χ0) is 8.27. The highest BCUT2D eigenvalue weighted by Gasteiger charge is 2.26. The fourth-order valence-corrected chi connectivity index (χ4v) is 1.10. The predicted molar refractivity (Wildman–Crippen MR) is 38.9 cm³/mol. The minimum absolute atomic E-state index is 0.136. The molecule has 1 aliphatic carbocycles. The van der Waals surface area contributed by atoms with E-state index >= 15 is 0 Å². The summed E-state index contributed by atoms with van der Waals surface area (Å²) in [5.74, 6) is -1.10. The highest BCUT2D eigenvalue weighted by Crippen LogP contribution is 2.15. The molecule has 1 unspecified atom stereocenters. The van der Waals surface area contributed by atoms with Crippen LogP contribution in [-0.4, -0.2) is 18.9 Å². The Labute approximate surface area is 65.0 Å². The topological polar surface area (TPSA) is 43.4 Å². The molecule has 0 aromatic carbocycles. The molecule has 1 atom stereocenters. The van der Waals surface area contributed by atoms with E-state index in [1.54, 1.807) is 6.08 Å². The van der Waals surface area contributed by atoms with Crippen LogP contribution in [0.4, 0.5) is 0 Å². The molecule has 0 heterocycles. The number of carbonyl (C=O) groups excluding carboxylic acids is 2. The molecular formula is C8H10O3. The quantitative estimate of drug-likeness (QED) is 0.412. The highest BCUT2D eigenvalue weighted by molar-refractivity contribution is 6.05. The third kappa shape index (κ3) is 1.67. The molecule has 0 aromatic heterocycles. The first kappa shape index (κ1) is 7.98. The van der Waals surface area contributed by atoms with Crippen LogP contribution in [0.2, 0.25) is 0 Å².